The van der Waals surface area contributed by atoms with Gasteiger partial charge in [0.25, 0.3) is 0 Å². The number of hydrogen-bond acceptors (Lipinski definition) is 3. The van der Waals surface area contributed by atoms with E-state index < -0.39 is 23.7 Å². The monoisotopic (exact) mass is 681 g/mol. The standard InChI is InChI=1S/C42H46F3N3O2/c1-2-3-6-13-33-20-22-36(23-21-33)32-48(40(49)25-24-37-18-11-12-19-38(37)42(43,44)45)39(30-34-14-7-4-8-15-34)41(50)47-28-26-46(27-29-47)31-35-16-9-5-10-17-35/h4-5,7-12,14-25,39H,2-3,6,13,26-32H2,1H3. The number of piperazine rings is 1. The first-order chi connectivity index (χ1) is 24.2. The number of unbranched alkanes of at least 4 members (excludes halogenated alkanes) is 2. The van der Waals surface area contributed by atoms with Gasteiger partial charge >= 0.3 is 6.18 Å². The third-order valence-corrected chi connectivity index (χ3v) is 9.27. The molecule has 2 amide bonds. The van der Waals surface area contributed by atoms with Crippen molar-refractivity contribution in [3.05, 3.63) is 149 Å². The summed E-state index contributed by atoms with van der Waals surface area (Å²) in [5, 5.41) is 0. The second-order valence-electron chi connectivity index (χ2n) is 13.0. The Bertz CT molecular complexity index is 1680. The average molecular weight is 682 g/mol. The molecule has 0 bridgehead atoms. The lowest BCUT2D eigenvalue weighted by atomic mass is 10.0. The molecule has 50 heavy (non-hydrogen) atoms. The van der Waals surface area contributed by atoms with Gasteiger partial charge in [-0.15, -0.1) is 0 Å². The van der Waals surface area contributed by atoms with Crippen molar-refractivity contribution in [3.63, 3.8) is 0 Å². The minimum absolute atomic E-state index is 0.106. The fraction of sp³-hybridized carbons (Fsp3) is 0.333. The fourth-order valence-electron chi connectivity index (χ4n) is 6.43. The van der Waals surface area contributed by atoms with E-state index in [4.69, 9.17) is 0 Å². The van der Waals surface area contributed by atoms with Crippen molar-refractivity contribution in [2.24, 2.45) is 0 Å². The molecule has 1 unspecified atom stereocenters. The zero-order valence-electron chi connectivity index (χ0n) is 28.7. The lowest BCUT2D eigenvalue weighted by Gasteiger charge is -2.39. The molecule has 0 radical (unpaired) electrons. The van der Waals surface area contributed by atoms with Crippen molar-refractivity contribution in [1.29, 1.82) is 0 Å². The van der Waals surface area contributed by atoms with E-state index in [1.807, 2.05) is 65.6 Å². The van der Waals surface area contributed by atoms with Crippen molar-refractivity contribution < 1.29 is 22.8 Å². The quantitative estimate of drug-likeness (QED) is 0.0992. The molecule has 4 aromatic carbocycles. The van der Waals surface area contributed by atoms with Crippen LogP contribution in [0.25, 0.3) is 6.08 Å². The zero-order chi connectivity index (χ0) is 35.3. The third-order valence-electron chi connectivity index (χ3n) is 9.27. The number of hydrogen-bond donors (Lipinski definition) is 0. The van der Waals surface area contributed by atoms with Gasteiger partial charge in [0, 0.05) is 51.8 Å². The minimum atomic E-state index is -4.57. The molecule has 0 aliphatic carbocycles. The lowest BCUT2D eigenvalue weighted by molar-refractivity contribution is -0.145. The summed E-state index contributed by atoms with van der Waals surface area (Å²) in [6.07, 6.45) is 2.43. The van der Waals surface area contributed by atoms with Crippen LogP contribution >= 0.6 is 0 Å². The normalized spacial score (nSPS) is 14.5. The predicted octanol–water partition coefficient (Wildman–Crippen LogP) is 8.44. The van der Waals surface area contributed by atoms with Crippen LogP contribution in [0.4, 0.5) is 13.2 Å². The van der Waals surface area contributed by atoms with Gasteiger partial charge in [-0.3, -0.25) is 14.5 Å². The summed E-state index contributed by atoms with van der Waals surface area (Å²) in [6, 6.07) is 32.2. The number of halogens is 3. The lowest BCUT2D eigenvalue weighted by Crippen LogP contribution is -2.56. The Morgan fingerprint density at radius 1 is 0.740 bits per heavy atom. The van der Waals surface area contributed by atoms with Gasteiger partial charge in [-0.25, -0.2) is 0 Å². The molecule has 1 heterocycles. The molecule has 262 valence electrons. The van der Waals surface area contributed by atoms with E-state index in [1.165, 1.54) is 46.4 Å². The highest BCUT2D eigenvalue weighted by Crippen LogP contribution is 2.32. The fourth-order valence-corrected chi connectivity index (χ4v) is 6.43. The van der Waals surface area contributed by atoms with Gasteiger partial charge in [0.2, 0.25) is 11.8 Å². The Morgan fingerprint density at radius 3 is 1.98 bits per heavy atom. The second kappa shape index (κ2) is 17.8. The number of nitrogens with zero attached hydrogens (tertiary/aromatic N) is 3. The van der Waals surface area contributed by atoms with Gasteiger partial charge in [0.15, 0.2) is 0 Å². The van der Waals surface area contributed by atoms with Crippen molar-refractivity contribution >= 4 is 17.9 Å². The van der Waals surface area contributed by atoms with E-state index in [9.17, 15) is 22.8 Å². The molecule has 0 aromatic heterocycles. The smallest absolute Gasteiger partial charge is 0.338 e. The van der Waals surface area contributed by atoms with Crippen molar-refractivity contribution in [3.8, 4) is 0 Å². The van der Waals surface area contributed by atoms with E-state index in [0.717, 1.165) is 49.4 Å². The van der Waals surface area contributed by atoms with Gasteiger partial charge in [-0.05, 0) is 52.8 Å². The third kappa shape index (κ3) is 10.4. The number of amides is 2. The second-order valence-corrected chi connectivity index (χ2v) is 13.0. The minimum Gasteiger partial charge on any atom is -0.338 e. The Kier molecular flexibility index (Phi) is 13.0. The SMILES string of the molecule is CCCCCc1ccc(CN(C(=O)C=Cc2ccccc2C(F)(F)F)C(Cc2ccccc2)C(=O)N2CCN(Cc3ccccc3)CC2)cc1. The first-order valence-electron chi connectivity index (χ1n) is 17.5. The number of benzene rings is 4. The first kappa shape index (κ1) is 36.6. The number of rotatable bonds is 14. The van der Waals surface area contributed by atoms with Crippen LogP contribution in [-0.2, 0) is 41.7 Å². The highest BCUT2D eigenvalue weighted by molar-refractivity contribution is 5.96. The van der Waals surface area contributed by atoms with Crippen LogP contribution in [0, 0.1) is 0 Å². The van der Waals surface area contributed by atoms with Gasteiger partial charge in [0.05, 0.1) is 5.56 Å². The summed E-state index contributed by atoms with van der Waals surface area (Å²) in [7, 11) is 0. The Balaban J connectivity index is 1.43. The Hall–Kier alpha value is -4.69. The molecule has 1 aliphatic rings. The summed E-state index contributed by atoms with van der Waals surface area (Å²) in [5.41, 5.74) is 3.23. The van der Waals surface area contributed by atoms with Crippen molar-refractivity contribution in [2.45, 2.75) is 64.3 Å². The molecule has 0 spiro atoms. The van der Waals surface area contributed by atoms with Gasteiger partial charge < -0.3 is 9.80 Å². The molecule has 5 nitrogen and oxygen atoms in total. The highest BCUT2D eigenvalue weighted by Gasteiger charge is 2.35. The highest BCUT2D eigenvalue weighted by atomic mass is 19.4. The molecule has 4 aromatic rings. The maximum atomic E-state index is 14.5. The van der Waals surface area contributed by atoms with E-state index in [0.29, 0.717) is 26.2 Å². The molecule has 0 saturated carbocycles. The van der Waals surface area contributed by atoms with E-state index >= 15 is 0 Å². The number of carbonyl (C=O) groups excluding carboxylic acids is 2. The van der Waals surface area contributed by atoms with E-state index in [2.05, 4.69) is 36.1 Å². The van der Waals surface area contributed by atoms with Crippen LogP contribution in [-0.4, -0.2) is 58.7 Å². The molecule has 1 saturated heterocycles. The van der Waals surface area contributed by atoms with Crippen LogP contribution in [0.3, 0.4) is 0 Å². The number of aryl methyl sites for hydroxylation is 1. The number of carbonyl (C=O) groups is 2. The van der Waals surface area contributed by atoms with Crippen LogP contribution in [0.1, 0.15) is 59.6 Å². The van der Waals surface area contributed by atoms with Gasteiger partial charge in [-0.2, -0.15) is 13.2 Å². The summed E-state index contributed by atoms with van der Waals surface area (Å²) < 4.78 is 41.4. The van der Waals surface area contributed by atoms with Gasteiger partial charge in [0.1, 0.15) is 6.04 Å². The summed E-state index contributed by atoms with van der Waals surface area (Å²) in [4.78, 5) is 34.4. The molecule has 8 heteroatoms. The Labute approximate surface area is 294 Å². The molecule has 1 atom stereocenters. The summed E-state index contributed by atoms with van der Waals surface area (Å²) in [5.74, 6) is -0.687. The van der Waals surface area contributed by atoms with E-state index in [1.54, 1.807) is 0 Å². The maximum absolute atomic E-state index is 14.5. The molecular formula is C42H46F3N3O2. The summed E-state index contributed by atoms with van der Waals surface area (Å²) >= 11 is 0. The molecular weight excluding hydrogens is 635 g/mol. The molecule has 1 aliphatic heterocycles. The summed E-state index contributed by atoms with van der Waals surface area (Å²) in [6.45, 7) is 5.51. The van der Waals surface area contributed by atoms with E-state index in [-0.39, 0.29) is 24.4 Å². The molecule has 0 N–H and O–H groups in total. The topological polar surface area (TPSA) is 43.9 Å². The molecule has 1 fully saturated rings. The first-order valence-corrected chi connectivity index (χ1v) is 17.5. The van der Waals surface area contributed by atoms with Gasteiger partial charge in [-0.1, -0.05) is 123 Å². The van der Waals surface area contributed by atoms with Crippen molar-refractivity contribution in [1.82, 2.24) is 14.7 Å². The zero-order valence-corrected chi connectivity index (χ0v) is 28.7. The van der Waals surface area contributed by atoms with Crippen LogP contribution < -0.4 is 0 Å². The average Bonchev–Trinajstić information content (AvgIpc) is 3.13. The van der Waals surface area contributed by atoms with Crippen molar-refractivity contribution in [2.75, 3.05) is 26.2 Å². The van der Waals surface area contributed by atoms with Crippen LogP contribution in [0.5, 0.6) is 0 Å². The maximum Gasteiger partial charge on any atom is 0.416 e. The Morgan fingerprint density at radius 2 is 1.34 bits per heavy atom. The number of alkyl halides is 3. The molecule has 5 rings (SSSR count). The predicted molar refractivity (Wildman–Crippen MR) is 193 cm³/mol. The van der Waals surface area contributed by atoms with Crippen LogP contribution in [0.15, 0.2) is 115 Å². The largest absolute Gasteiger partial charge is 0.416 e. The van der Waals surface area contributed by atoms with Crippen LogP contribution in [0.2, 0.25) is 0 Å².